The molecule has 124 valence electrons. The first kappa shape index (κ1) is 15.7. The van der Waals surface area contributed by atoms with Crippen LogP contribution in [0, 0.1) is 28.4 Å². The zero-order valence-corrected chi connectivity index (χ0v) is 13.5. The van der Waals surface area contributed by atoms with Crippen molar-refractivity contribution in [3.05, 3.63) is 33.9 Å². The number of carbonyl (C=O) groups is 1. The number of nitrogens with zero attached hydrogens (tertiary/aromatic N) is 1. The molecule has 0 radical (unpaired) electrons. The molecule has 0 aromatic heterocycles. The Hall–Kier alpha value is -2.15. The van der Waals surface area contributed by atoms with E-state index in [2.05, 4.69) is 24.5 Å². The van der Waals surface area contributed by atoms with Crippen LogP contribution in [0.4, 0.5) is 16.2 Å². The third-order valence-electron chi connectivity index (χ3n) is 5.07. The van der Waals surface area contributed by atoms with Crippen molar-refractivity contribution in [1.82, 2.24) is 5.32 Å². The van der Waals surface area contributed by atoms with Crippen LogP contribution >= 0.6 is 0 Å². The molecule has 2 amide bonds. The number of aryl methyl sites for hydroxylation is 1. The number of nitrogens with one attached hydrogen (secondary N) is 2. The number of ether oxygens (including phenoxy) is 1. The van der Waals surface area contributed by atoms with Gasteiger partial charge in [-0.3, -0.25) is 10.1 Å². The largest absolute Gasteiger partial charge is 0.377 e. The lowest BCUT2D eigenvalue weighted by Crippen LogP contribution is -2.67. The normalized spacial score (nSPS) is 27.7. The van der Waals surface area contributed by atoms with Crippen LogP contribution in [0.5, 0.6) is 0 Å². The number of nitro benzene ring substituents is 1. The summed E-state index contributed by atoms with van der Waals surface area (Å²) in [6.45, 7) is 6.71. The summed E-state index contributed by atoms with van der Waals surface area (Å²) in [4.78, 5) is 22.7. The number of anilines is 1. The molecule has 1 aliphatic heterocycles. The first-order valence-electron chi connectivity index (χ1n) is 7.75. The summed E-state index contributed by atoms with van der Waals surface area (Å²) in [7, 11) is 0. The van der Waals surface area contributed by atoms with Gasteiger partial charge in [0, 0.05) is 36.1 Å². The van der Waals surface area contributed by atoms with Crippen molar-refractivity contribution >= 4 is 17.4 Å². The molecule has 0 spiro atoms. The summed E-state index contributed by atoms with van der Waals surface area (Å²) < 4.78 is 5.71. The summed E-state index contributed by atoms with van der Waals surface area (Å²) in [5, 5.41) is 16.6. The molecule has 3 rings (SSSR count). The molecular weight excluding hydrogens is 298 g/mol. The van der Waals surface area contributed by atoms with Crippen LogP contribution in [0.2, 0.25) is 0 Å². The lowest BCUT2D eigenvalue weighted by molar-refractivity contribution is -0.384. The molecular formula is C16H21N3O4. The van der Waals surface area contributed by atoms with E-state index >= 15 is 0 Å². The molecule has 3 atom stereocenters. The monoisotopic (exact) mass is 319 g/mol. The van der Waals surface area contributed by atoms with Crippen molar-refractivity contribution < 1.29 is 14.5 Å². The van der Waals surface area contributed by atoms with Crippen LogP contribution in [0.15, 0.2) is 18.2 Å². The van der Waals surface area contributed by atoms with Gasteiger partial charge in [-0.05, 0) is 18.9 Å². The van der Waals surface area contributed by atoms with Gasteiger partial charge in [-0.15, -0.1) is 0 Å². The number of carbonyl (C=O) groups excluding carboxylic acids is 1. The van der Waals surface area contributed by atoms with Crippen molar-refractivity contribution in [3.63, 3.8) is 0 Å². The van der Waals surface area contributed by atoms with Crippen molar-refractivity contribution in [1.29, 1.82) is 0 Å². The van der Waals surface area contributed by atoms with E-state index < -0.39 is 4.92 Å². The summed E-state index contributed by atoms with van der Waals surface area (Å²) in [5.41, 5.74) is 1.09. The standard InChI is InChI=1S/C16H21N3O4/c1-9-4-5-10(19(21)22)8-12(9)17-15(20)18-13-11-6-7-23-14(11)16(13,2)3/h4-5,8,11,13-14H,6-7H2,1-3H3,(H2,17,18,20)/t11-,13-,14+/m1/s1. The Morgan fingerprint density at radius 2 is 2.17 bits per heavy atom. The van der Waals surface area contributed by atoms with Crippen molar-refractivity contribution in [2.24, 2.45) is 11.3 Å². The number of nitro groups is 1. The maximum absolute atomic E-state index is 12.3. The molecule has 2 aliphatic rings. The first-order chi connectivity index (χ1) is 10.8. The summed E-state index contributed by atoms with van der Waals surface area (Å²) in [6.07, 6.45) is 1.15. The number of urea groups is 1. The Balaban J connectivity index is 1.68. The van der Waals surface area contributed by atoms with Crippen LogP contribution in [-0.4, -0.2) is 29.7 Å². The molecule has 1 aromatic carbocycles. The van der Waals surface area contributed by atoms with Gasteiger partial charge in [0.05, 0.1) is 16.7 Å². The number of non-ortho nitro benzene ring substituents is 1. The van der Waals surface area contributed by atoms with Gasteiger partial charge < -0.3 is 15.4 Å². The number of benzene rings is 1. The van der Waals surface area contributed by atoms with Crippen LogP contribution in [-0.2, 0) is 4.74 Å². The van der Waals surface area contributed by atoms with Crippen molar-refractivity contribution in [3.8, 4) is 0 Å². The highest BCUT2D eigenvalue weighted by molar-refractivity contribution is 5.90. The molecule has 1 saturated heterocycles. The highest BCUT2D eigenvalue weighted by atomic mass is 16.6. The van der Waals surface area contributed by atoms with Crippen LogP contribution in [0.25, 0.3) is 0 Å². The molecule has 2 fully saturated rings. The average molecular weight is 319 g/mol. The quantitative estimate of drug-likeness (QED) is 0.661. The molecule has 2 N–H and O–H groups in total. The molecule has 1 heterocycles. The minimum atomic E-state index is -0.474. The van der Waals surface area contributed by atoms with E-state index in [1.54, 1.807) is 13.0 Å². The second-order valence-corrected chi connectivity index (χ2v) is 6.90. The van der Waals surface area contributed by atoms with Gasteiger partial charge in [-0.1, -0.05) is 19.9 Å². The number of hydrogen-bond acceptors (Lipinski definition) is 4. The number of amides is 2. The maximum atomic E-state index is 12.3. The van der Waals surface area contributed by atoms with Gasteiger partial charge in [-0.2, -0.15) is 0 Å². The Morgan fingerprint density at radius 1 is 1.43 bits per heavy atom. The molecule has 1 aliphatic carbocycles. The SMILES string of the molecule is Cc1ccc([N+](=O)[O-])cc1NC(=O)N[C@@H]1[C@H]2CCO[C@@H]2C1(C)C. The first-order valence-corrected chi connectivity index (χ1v) is 7.75. The lowest BCUT2D eigenvalue weighted by atomic mass is 9.57. The Bertz CT molecular complexity index is 659. The number of hydrogen-bond donors (Lipinski definition) is 2. The molecule has 7 nitrogen and oxygen atoms in total. The number of fused-ring (bicyclic) bond motifs is 1. The van der Waals surface area contributed by atoms with E-state index in [1.807, 2.05) is 0 Å². The highest BCUT2D eigenvalue weighted by Crippen LogP contribution is 2.52. The van der Waals surface area contributed by atoms with Crippen molar-refractivity contribution in [2.75, 3.05) is 11.9 Å². The van der Waals surface area contributed by atoms with E-state index in [-0.39, 0.29) is 29.3 Å². The average Bonchev–Trinajstić information content (AvgIpc) is 2.94. The van der Waals surface area contributed by atoms with Gasteiger partial charge in [0.25, 0.3) is 5.69 Å². The second-order valence-electron chi connectivity index (χ2n) is 6.90. The molecule has 7 heteroatoms. The minimum absolute atomic E-state index is 0.0425. The third-order valence-corrected chi connectivity index (χ3v) is 5.07. The van der Waals surface area contributed by atoms with E-state index in [4.69, 9.17) is 4.74 Å². The summed E-state index contributed by atoms with van der Waals surface area (Å²) in [6, 6.07) is 4.14. The topological polar surface area (TPSA) is 93.5 Å². The molecule has 23 heavy (non-hydrogen) atoms. The van der Waals surface area contributed by atoms with Crippen LogP contribution in [0.3, 0.4) is 0 Å². The Kier molecular flexibility index (Phi) is 3.75. The fourth-order valence-electron chi connectivity index (χ4n) is 3.78. The third kappa shape index (κ3) is 2.65. The Morgan fingerprint density at radius 3 is 2.87 bits per heavy atom. The smallest absolute Gasteiger partial charge is 0.319 e. The van der Waals surface area contributed by atoms with Crippen molar-refractivity contribution in [2.45, 2.75) is 39.3 Å². The summed E-state index contributed by atoms with van der Waals surface area (Å²) in [5.74, 6) is 0.349. The van der Waals surface area contributed by atoms with Gasteiger partial charge >= 0.3 is 6.03 Å². The number of rotatable bonds is 3. The van der Waals surface area contributed by atoms with Crippen LogP contribution in [0.1, 0.15) is 25.8 Å². The van der Waals surface area contributed by atoms with Gasteiger partial charge in [0.2, 0.25) is 0 Å². The van der Waals surface area contributed by atoms with E-state index in [0.29, 0.717) is 11.6 Å². The summed E-state index contributed by atoms with van der Waals surface area (Å²) >= 11 is 0. The zero-order chi connectivity index (χ0) is 16.8. The van der Waals surface area contributed by atoms with E-state index in [1.165, 1.54) is 12.1 Å². The predicted octanol–water partition coefficient (Wildman–Crippen LogP) is 2.84. The minimum Gasteiger partial charge on any atom is -0.377 e. The van der Waals surface area contributed by atoms with Gasteiger partial charge in [-0.25, -0.2) is 4.79 Å². The van der Waals surface area contributed by atoms with Gasteiger partial charge in [0.15, 0.2) is 0 Å². The van der Waals surface area contributed by atoms with E-state index in [9.17, 15) is 14.9 Å². The predicted molar refractivity (Wildman–Crippen MR) is 85.4 cm³/mol. The molecule has 0 unspecified atom stereocenters. The highest BCUT2D eigenvalue weighted by Gasteiger charge is 2.59. The fraction of sp³-hybridized carbons (Fsp3) is 0.562. The lowest BCUT2D eigenvalue weighted by Gasteiger charge is -2.54. The second kappa shape index (κ2) is 5.49. The molecule has 0 bridgehead atoms. The Labute approximate surface area is 134 Å². The van der Waals surface area contributed by atoms with E-state index in [0.717, 1.165) is 18.6 Å². The fourth-order valence-corrected chi connectivity index (χ4v) is 3.78. The van der Waals surface area contributed by atoms with Crippen LogP contribution < -0.4 is 10.6 Å². The maximum Gasteiger partial charge on any atom is 0.319 e. The molecule has 1 aromatic rings. The zero-order valence-electron chi connectivity index (χ0n) is 13.5. The van der Waals surface area contributed by atoms with Gasteiger partial charge in [0.1, 0.15) is 0 Å². The molecule has 1 saturated carbocycles.